The Labute approximate surface area is 103 Å². The van der Waals surface area contributed by atoms with E-state index in [0.29, 0.717) is 0 Å². The fourth-order valence-electron chi connectivity index (χ4n) is 1.04. The summed E-state index contributed by atoms with van der Waals surface area (Å²) in [4.78, 5) is 16.8. The van der Waals surface area contributed by atoms with Crippen LogP contribution in [0.4, 0.5) is 30.5 Å². The van der Waals surface area contributed by atoms with E-state index in [2.05, 4.69) is 15.3 Å². The zero-order valence-corrected chi connectivity index (χ0v) is 9.59. The van der Waals surface area contributed by atoms with Gasteiger partial charge in [0.15, 0.2) is 0 Å². The number of nitrogens with zero attached hydrogens (tertiary/aromatic N) is 3. The normalized spacial score (nSPS) is 11.3. The molecule has 0 amide bonds. The smallest absolute Gasteiger partial charge is 0.378 e. The molecule has 1 rings (SSSR count). The average Bonchev–Trinajstić information content (AvgIpc) is 2.22. The van der Waals surface area contributed by atoms with Gasteiger partial charge >= 0.3 is 11.2 Å². The molecule has 1 heterocycles. The van der Waals surface area contributed by atoms with Gasteiger partial charge in [-0.15, -0.1) is 0 Å². The predicted octanol–water partition coefficient (Wildman–Crippen LogP) is 1.63. The van der Waals surface area contributed by atoms with Crippen molar-refractivity contribution >= 4 is 29.1 Å². The second-order valence-corrected chi connectivity index (χ2v) is 4.09. The van der Waals surface area contributed by atoms with Gasteiger partial charge in [-0.05, 0) is 11.8 Å². The molecular formula is C7H8F3N5O2S. The Morgan fingerprint density at radius 2 is 2.17 bits per heavy atom. The van der Waals surface area contributed by atoms with E-state index in [1.165, 1.54) is 0 Å². The largest absolute Gasteiger partial charge is 0.441 e. The zero-order chi connectivity index (χ0) is 13.8. The summed E-state index contributed by atoms with van der Waals surface area (Å²) in [6.45, 7) is -0.137. The molecule has 0 spiro atoms. The molecule has 1 aromatic heterocycles. The fourth-order valence-corrected chi connectivity index (χ4v) is 1.47. The number of rotatable bonds is 5. The summed E-state index contributed by atoms with van der Waals surface area (Å²) in [5.41, 5.74) is 0.396. The van der Waals surface area contributed by atoms with Gasteiger partial charge in [-0.25, -0.2) is 9.97 Å². The van der Waals surface area contributed by atoms with E-state index in [4.69, 9.17) is 5.73 Å². The van der Waals surface area contributed by atoms with Crippen molar-refractivity contribution in [3.63, 3.8) is 0 Å². The number of aromatic nitrogens is 2. The molecule has 0 atom stereocenters. The van der Waals surface area contributed by atoms with Gasteiger partial charge in [0.05, 0.1) is 4.92 Å². The van der Waals surface area contributed by atoms with Gasteiger partial charge in [0.25, 0.3) is 0 Å². The lowest BCUT2D eigenvalue weighted by Gasteiger charge is -2.07. The minimum Gasteiger partial charge on any atom is -0.378 e. The number of nitrogens with one attached hydrogen (secondary N) is 1. The maximum Gasteiger partial charge on any atom is 0.441 e. The Bertz CT molecular complexity index is 442. The van der Waals surface area contributed by atoms with E-state index < -0.39 is 16.1 Å². The molecule has 0 aromatic carbocycles. The molecule has 100 valence electrons. The molecule has 0 fully saturated rings. The van der Waals surface area contributed by atoms with E-state index in [1.807, 2.05) is 0 Å². The van der Waals surface area contributed by atoms with Crippen molar-refractivity contribution in [3.05, 3.63) is 16.4 Å². The van der Waals surface area contributed by atoms with Crippen LogP contribution in [0.2, 0.25) is 0 Å². The van der Waals surface area contributed by atoms with Crippen LogP contribution in [0.1, 0.15) is 0 Å². The Hall–Kier alpha value is -1.78. The molecule has 0 aliphatic carbocycles. The second kappa shape index (κ2) is 5.71. The maximum absolute atomic E-state index is 11.8. The third-order valence-electron chi connectivity index (χ3n) is 1.69. The summed E-state index contributed by atoms with van der Waals surface area (Å²) in [6, 6.07) is 0. The Morgan fingerprint density at radius 3 is 2.72 bits per heavy atom. The van der Waals surface area contributed by atoms with E-state index in [9.17, 15) is 23.3 Å². The number of hydrogen-bond acceptors (Lipinski definition) is 7. The molecular weight excluding hydrogens is 275 g/mol. The van der Waals surface area contributed by atoms with Crippen molar-refractivity contribution in [2.45, 2.75) is 5.51 Å². The van der Waals surface area contributed by atoms with Gasteiger partial charge in [0, 0.05) is 12.3 Å². The first-order chi connectivity index (χ1) is 8.31. The number of anilines is 2. The zero-order valence-electron chi connectivity index (χ0n) is 8.77. The molecule has 1 aromatic rings. The first-order valence-electron chi connectivity index (χ1n) is 4.50. The van der Waals surface area contributed by atoms with Crippen LogP contribution in [0.5, 0.6) is 0 Å². The van der Waals surface area contributed by atoms with Gasteiger partial charge in [0.2, 0.25) is 11.6 Å². The molecule has 18 heavy (non-hydrogen) atoms. The van der Waals surface area contributed by atoms with Gasteiger partial charge in [-0.3, -0.25) is 10.1 Å². The topological polar surface area (TPSA) is 107 Å². The molecule has 0 radical (unpaired) electrons. The third-order valence-corrected chi connectivity index (χ3v) is 2.43. The molecule has 0 aliphatic heterocycles. The lowest BCUT2D eigenvalue weighted by molar-refractivity contribution is -0.383. The highest BCUT2D eigenvalue weighted by Gasteiger charge is 2.27. The first kappa shape index (κ1) is 14.3. The monoisotopic (exact) mass is 283 g/mol. The SMILES string of the molecule is Nc1ncnc(NCCSC(F)(F)F)c1[N+](=O)[O-]. The highest BCUT2D eigenvalue weighted by Crippen LogP contribution is 2.30. The van der Waals surface area contributed by atoms with Crippen LogP contribution < -0.4 is 11.1 Å². The van der Waals surface area contributed by atoms with Crippen LogP contribution in [0.15, 0.2) is 6.33 Å². The standard InChI is InChI=1S/C7H8F3N5O2S/c8-7(9,10)18-2-1-12-6-4(15(16)17)5(11)13-3-14-6/h3H,1-2H2,(H3,11,12,13,14). The Kier molecular flexibility index (Phi) is 4.53. The van der Waals surface area contributed by atoms with Crippen LogP contribution >= 0.6 is 11.8 Å². The maximum atomic E-state index is 11.8. The van der Waals surface area contributed by atoms with Crippen LogP contribution in [0, 0.1) is 10.1 Å². The summed E-state index contributed by atoms with van der Waals surface area (Å²) >= 11 is -0.236. The van der Waals surface area contributed by atoms with Crippen molar-refractivity contribution in [2.24, 2.45) is 0 Å². The quantitative estimate of drug-likeness (QED) is 0.480. The van der Waals surface area contributed by atoms with E-state index in [1.54, 1.807) is 0 Å². The molecule has 11 heteroatoms. The predicted molar refractivity (Wildman–Crippen MR) is 60.1 cm³/mol. The number of nitrogen functional groups attached to an aromatic ring is 1. The summed E-state index contributed by atoms with van der Waals surface area (Å²) in [7, 11) is 0. The highest BCUT2D eigenvalue weighted by atomic mass is 32.2. The average molecular weight is 283 g/mol. The van der Waals surface area contributed by atoms with Crippen LogP contribution in [-0.2, 0) is 0 Å². The highest BCUT2D eigenvalue weighted by molar-refractivity contribution is 8.00. The molecule has 0 bridgehead atoms. The molecule has 0 aliphatic rings. The van der Waals surface area contributed by atoms with Crippen molar-refractivity contribution in [1.82, 2.24) is 9.97 Å². The number of hydrogen-bond donors (Lipinski definition) is 2. The number of thioether (sulfide) groups is 1. The van der Waals surface area contributed by atoms with E-state index in [0.717, 1.165) is 6.33 Å². The van der Waals surface area contributed by atoms with Gasteiger partial charge in [-0.1, -0.05) is 0 Å². The van der Waals surface area contributed by atoms with Crippen molar-refractivity contribution < 1.29 is 18.1 Å². The van der Waals surface area contributed by atoms with Gasteiger partial charge in [-0.2, -0.15) is 13.2 Å². The van der Waals surface area contributed by atoms with Crippen LogP contribution in [0.25, 0.3) is 0 Å². The summed E-state index contributed by atoms with van der Waals surface area (Å²) < 4.78 is 35.5. The lowest BCUT2D eigenvalue weighted by atomic mass is 10.4. The molecule has 7 nitrogen and oxygen atoms in total. The van der Waals surface area contributed by atoms with Crippen molar-refractivity contribution in [3.8, 4) is 0 Å². The number of nitrogens with two attached hydrogens (primary N) is 1. The van der Waals surface area contributed by atoms with E-state index in [-0.39, 0.29) is 35.7 Å². The fraction of sp³-hybridized carbons (Fsp3) is 0.429. The minimum absolute atomic E-state index is 0.137. The summed E-state index contributed by atoms with van der Waals surface area (Å²) in [5.74, 6) is -0.846. The van der Waals surface area contributed by atoms with Crippen molar-refractivity contribution in [1.29, 1.82) is 0 Å². The third kappa shape index (κ3) is 4.24. The van der Waals surface area contributed by atoms with Crippen LogP contribution in [-0.4, -0.2) is 32.7 Å². The number of alkyl halides is 3. The van der Waals surface area contributed by atoms with E-state index >= 15 is 0 Å². The summed E-state index contributed by atoms with van der Waals surface area (Å²) in [5, 5.41) is 13.1. The molecule has 0 unspecified atom stereocenters. The number of nitro groups is 1. The van der Waals surface area contributed by atoms with Crippen LogP contribution in [0.3, 0.4) is 0 Å². The second-order valence-electron chi connectivity index (χ2n) is 2.93. The Morgan fingerprint density at radius 1 is 1.50 bits per heavy atom. The minimum atomic E-state index is -4.34. The molecule has 3 N–H and O–H groups in total. The Balaban J connectivity index is 2.63. The lowest BCUT2D eigenvalue weighted by Crippen LogP contribution is -2.12. The molecule has 0 saturated heterocycles. The molecule has 0 saturated carbocycles. The summed E-state index contributed by atoms with van der Waals surface area (Å²) in [6.07, 6.45) is 0.988. The first-order valence-corrected chi connectivity index (χ1v) is 5.49. The van der Waals surface area contributed by atoms with Gasteiger partial charge < -0.3 is 11.1 Å². The number of halogens is 3. The van der Waals surface area contributed by atoms with Gasteiger partial charge in [0.1, 0.15) is 6.33 Å². The van der Waals surface area contributed by atoms with Crippen molar-refractivity contribution in [2.75, 3.05) is 23.3 Å².